The van der Waals surface area contributed by atoms with Crippen molar-refractivity contribution in [3.8, 4) is 0 Å². The fraction of sp³-hybridized carbons (Fsp3) is 0.500. The third kappa shape index (κ3) is 2.94. The molecular weight excluding hydrogens is 216 g/mol. The summed E-state index contributed by atoms with van der Waals surface area (Å²) in [6.45, 7) is 3.25. The third-order valence-electron chi connectivity index (χ3n) is 1.96. The van der Waals surface area contributed by atoms with Gasteiger partial charge in [-0.3, -0.25) is 20.2 Å². The van der Waals surface area contributed by atoms with Crippen LogP contribution in [0, 0.1) is 0 Å². The third-order valence-corrected chi connectivity index (χ3v) is 1.96. The fourth-order valence-corrected chi connectivity index (χ4v) is 1.04. The number of amides is 6. The lowest BCUT2D eigenvalue weighted by molar-refractivity contribution is -0.120. The minimum Gasteiger partial charge on any atom is -0.326 e. The second-order valence-electron chi connectivity index (χ2n) is 3.37. The van der Waals surface area contributed by atoms with Gasteiger partial charge in [-0.05, 0) is 13.8 Å². The summed E-state index contributed by atoms with van der Waals surface area (Å²) in [6.07, 6.45) is 0. The number of imide groups is 2. The molecule has 88 valence electrons. The summed E-state index contributed by atoms with van der Waals surface area (Å²) in [5.74, 6) is -0.509. The van der Waals surface area contributed by atoms with E-state index in [0.29, 0.717) is 0 Å². The first kappa shape index (κ1) is 12.0. The van der Waals surface area contributed by atoms with Crippen molar-refractivity contribution in [3.05, 3.63) is 0 Å². The number of hydrogen-bond donors (Lipinski definition) is 4. The van der Waals surface area contributed by atoms with Gasteiger partial charge >= 0.3 is 12.1 Å². The van der Waals surface area contributed by atoms with E-state index >= 15 is 0 Å². The van der Waals surface area contributed by atoms with E-state index in [0.717, 1.165) is 0 Å². The normalized spacial score (nSPS) is 27.4. The predicted octanol–water partition coefficient (Wildman–Crippen LogP) is -1.57. The van der Waals surface area contributed by atoms with Crippen LogP contribution in [0.5, 0.6) is 0 Å². The number of nitrogens with one attached hydrogen (secondary N) is 4. The van der Waals surface area contributed by atoms with Gasteiger partial charge in [-0.15, -0.1) is 0 Å². The van der Waals surface area contributed by atoms with Crippen LogP contribution < -0.4 is 21.3 Å². The molecule has 2 aliphatic rings. The first-order valence-corrected chi connectivity index (χ1v) is 4.63. The summed E-state index contributed by atoms with van der Waals surface area (Å²) in [7, 11) is 0. The highest BCUT2D eigenvalue weighted by Gasteiger charge is 2.24. The van der Waals surface area contributed by atoms with E-state index in [4.69, 9.17) is 0 Å². The van der Waals surface area contributed by atoms with Crippen molar-refractivity contribution in [2.45, 2.75) is 25.9 Å². The van der Waals surface area contributed by atoms with Crippen LogP contribution in [0.15, 0.2) is 0 Å². The number of carbonyl (C=O) groups excluding carboxylic acids is 4. The van der Waals surface area contributed by atoms with Crippen molar-refractivity contribution in [3.63, 3.8) is 0 Å². The highest BCUT2D eigenvalue weighted by molar-refractivity contribution is 6.04. The summed E-state index contributed by atoms with van der Waals surface area (Å²) in [4.78, 5) is 41.2. The SMILES string of the molecule is C[C@H]1NC(=O)NC1=O.C[C@H]1NC(=O)NC1=O. The van der Waals surface area contributed by atoms with Gasteiger partial charge in [-0.2, -0.15) is 0 Å². The molecule has 0 aliphatic carbocycles. The van der Waals surface area contributed by atoms with Crippen molar-refractivity contribution >= 4 is 23.9 Å². The maximum absolute atomic E-state index is 10.4. The Balaban J connectivity index is 0.000000160. The summed E-state index contributed by atoms with van der Waals surface area (Å²) >= 11 is 0. The van der Waals surface area contributed by atoms with Gasteiger partial charge in [0.15, 0.2) is 0 Å². The molecule has 0 bridgehead atoms. The number of urea groups is 2. The largest absolute Gasteiger partial charge is 0.326 e. The van der Waals surface area contributed by atoms with E-state index < -0.39 is 12.1 Å². The van der Waals surface area contributed by atoms with Gasteiger partial charge < -0.3 is 10.6 Å². The zero-order valence-corrected chi connectivity index (χ0v) is 8.79. The minimum absolute atomic E-state index is 0.255. The van der Waals surface area contributed by atoms with Gasteiger partial charge in [-0.1, -0.05) is 0 Å². The van der Waals surface area contributed by atoms with E-state index in [1.807, 2.05) is 0 Å². The lowest BCUT2D eigenvalue weighted by Gasteiger charge is -1.91. The Bertz CT molecular complexity index is 320. The molecule has 2 atom stereocenters. The highest BCUT2D eigenvalue weighted by atomic mass is 16.2. The van der Waals surface area contributed by atoms with E-state index in [1.54, 1.807) is 13.8 Å². The molecule has 0 saturated carbocycles. The number of carbonyl (C=O) groups is 4. The Morgan fingerprint density at radius 1 is 0.750 bits per heavy atom. The van der Waals surface area contributed by atoms with E-state index in [1.165, 1.54) is 0 Å². The molecule has 2 heterocycles. The molecule has 2 fully saturated rings. The first-order valence-electron chi connectivity index (χ1n) is 4.63. The van der Waals surface area contributed by atoms with Crippen LogP contribution in [0.25, 0.3) is 0 Å². The molecule has 2 saturated heterocycles. The summed E-state index contributed by atoms with van der Waals surface area (Å²) in [6, 6.07) is -1.52. The van der Waals surface area contributed by atoms with E-state index in [2.05, 4.69) is 21.3 Å². The molecule has 0 spiro atoms. The second kappa shape index (κ2) is 4.60. The molecule has 6 amide bonds. The molecule has 2 aliphatic heterocycles. The second-order valence-corrected chi connectivity index (χ2v) is 3.37. The van der Waals surface area contributed by atoms with Gasteiger partial charge in [0.05, 0.1) is 0 Å². The smallest absolute Gasteiger partial charge is 0.322 e. The summed E-state index contributed by atoms with van der Waals surface area (Å²) in [5, 5.41) is 8.89. The summed E-state index contributed by atoms with van der Waals surface area (Å²) < 4.78 is 0. The molecule has 0 unspecified atom stereocenters. The molecular formula is C8H12N4O4. The fourth-order valence-electron chi connectivity index (χ4n) is 1.04. The molecule has 8 nitrogen and oxygen atoms in total. The van der Waals surface area contributed by atoms with Gasteiger partial charge in [0, 0.05) is 0 Å². The molecule has 0 aromatic heterocycles. The molecule has 0 aromatic rings. The predicted molar refractivity (Wildman–Crippen MR) is 52.3 cm³/mol. The monoisotopic (exact) mass is 228 g/mol. The van der Waals surface area contributed by atoms with Gasteiger partial charge in [0.1, 0.15) is 12.1 Å². The number of hydrogen-bond acceptors (Lipinski definition) is 4. The van der Waals surface area contributed by atoms with Crippen molar-refractivity contribution in [1.82, 2.24) is 21.3 Å². The van der Waals surface area contributed by atoms with Crippen LogP contribution in [-0.2, 0) is 9.59 Å². The molecule has 4 N–H and O–H groups in total. The van der Waals surface area contributed by atoms with Crippen LogP contribution >= 0.6 is 0 Å². The molecule has 0 aromatic carbocycles. The van der Waals surface area contributed by atoms with Crippen LogP contribution in [0.2, 0.25) is 0 Å². The highest BCUT2D eigenvalue weighted by Crippen LogP contribution is 1.88. The maximum atomic E-state index is 10.4. The average molecular weight is 228 g/mol. The standard InChI is InChI=1S/2C4H6N2O2/c2*1-2-3(7)6-4(8)5-2/h2*2H,1H3,(H2,5,6,7,8)/t2*2-/m11/s1. The number of rotatable bonds is 0. The Kier molecular flexibility index (Phi) is 3.44. The Labute approximate surface area is 91.1 Å². The maximum Gasteiger partial charge on any atom is 0.322 e. The molecule has 8 heteroatoms. The van der Waals surface area contributed by atoms with Crippen LogP contribution in [-0.4, -0.2) is 36.0 Å². The minimum atomic E-state index is -0.400. The van der Waals surface area contributed by atoms with Gasteiger partial charge in [0.25, 0.3) is 0 Å². The van der Waals surface area contributed by atoms with Gasteiger partial charge in [0.2, 0.25) is 11.8 Å². The average Bonchev–Trinajstić information content (AvgIpc) is 2.58. The zero-order valence-electron chi connectivity index (χ0n) is 8.79. The van der Waals surface area contributed by atoms with Crippen molar-refractivity contribution in [1.29, 1.82) is 0 Å². The van der Waals surface area contributed by atoms with Crippen LogP contribution in [0.1, 0.15) is 13.8 Å². The lowest BCUT2D eigenvalue weighted by atomic mass is 10.4. The Hall–Kier alpha value is -2.12. The van der Waals surface area contributed by atoms with Crippen molar-refractivity contribution in [2.24, 2.45) is 0 Å². The Morgan fingerprint density at radius 2 is 1.06 bits per heavy atom. The van der Waals surface area contributed by atoms with Gasteiger partial charge in [-0.25, -0.2) is 9.59 Å². The van der Waals surface area contributed by atoms with Crippen LogP contribution in [0.4, 0.5) is 9.59 Å². The van der Waals surface area contributed by atoms with Crippen LogP contribution in [0.3, 0.4) is 0 Å². The quantitative estimate of drug-likeness (QED) is 0.375. The van der Waals surface area contributed by atoms with E-state index in [-0.39, 0.29) is 23.9 Å². The zero-order chi connectivity index (χ0) is 12.3. The molecule has 16 heavy (non-hydrogen) atoms. The first-order chi connectivity index (χ1) is 7.40. The topological polar surface area (TPSA) is 116 Å². The lowest BCUT2D eigenvalue weighted by Crippen LogP contribution is -2.24. The molecule has 0 radical (unpaired) electrons. The van der Waals surface area contributed by atoms with E-state index in [9.17, 15) is 19.2 Å². The Morgan fingerprint density at radius 3 is 1.12 bits per heavy atom. The van der Waals surface area contributed by atoms with Crippen molar-refractivity contribution < 1.29 is 19.2 Å². The van der Waals surface area contributed by atoms with Crippen molar-refractivity contribution in [2.75, 3.05) is 0 Å². The molecule has 2 rings (SSSR count). The summed E-state index contributed by atoms with van der Waals surface area (Å²) in [5.41, 5.74) is 0.